The van der Waals surface area contributed by atoms with Crippen molar-refractivity contribution in [3.8, 4) is 11.3 Å². The van der Waals surface area contributed by atoms with E-state index in [1.807, 2.05) is 6.20 Å². The van der Waals surface area contributed by atoms with E-state index in [2.05, 4.69) is 99.0 Å². The molecular formula is C29H30N2. The summed E-state index contributed by atoms with van der Waals surface area (Å²) in [5, 5.41) is 5.13. The van der Waals surface area contributed by atoms with Crippen LogP contribution in [0.2, 0.25) is 0 Å². The first-order valence-corrected chi connectivity index (χ1v) is 11.5. The Labute approximate surface area is 184 Å². The molecule has 0 fully saturated rings. The minimum Gasteiger partial charge on any atom is -0.338 e. The van der Waals surface area contributed by atoms with Crippen LogP contribution >= 0.6 is 0 Å². The second-order valence-electron chi connectivity index (χ2n) is 8.87. The number of hydrogen-bond acceptors (Lipinski definition) is 1. The lowest BCUT2D eigenvalue weighted by molar-refractivity contribution is 0.642. The quantitative estimate of drug-likeness (QED) is 0.286. The Hall–Kier alpha value is -3.13. The summed E-state index contributed by atoms with van der Waals surface area (Å²) in [4.78, 5) is 4.82. The van der Waals surface area contributed by atoms with Crippen molar-refractivity contribution in [1.29, 1.82) is 0 Å². The Bertz CT molecular complexity index is 1390. The summed E-state index contributed by atoms with van der Waals surface area (Å²) in [5.74, 6) is 0.624. The number of pyridine rings is 1. The highest BCUT2D eigenvalue weighted by molar-refractivity contribution is 6.09. The predicted octanol–water partition coefficient (Wildman–Crippen LogP) is 8.49. The van der Waals surface area contributed by atoms with Gasteiger partial charge in [0.1, 0.15) is 0 Å². The van der Waals surface area contributed by atoms with Gasteiger partial charge in [0.15, 0.2) is 0 Å². The van der Waals surface area contributed by atoms with Crippen LogP contribution in [0.5, 0.6) is 0 Å². The van der Waals surface area contributed by atoms with Crippen LogP contribution in [0.3, 0.4) is 0 Å². The summed E-state index contributed by atoms with van der Waals surface area (Å²) in [7, 11) is 0. The van der Waals surface area contributed by atoms with Gasteiger partial charge >= 0.3 is 0 Å². The molecule has 0 amide bonds. The molecule has 31 heavy (non-hydrogen) atoms. The maximum Gasteiger partial charge on any atom is 0.0781 e. The van der Waals surface area contributed by atoms with E-state index in [0.717, 1.165) is 5.69 Å². The maximum atomic E-state index is 4.82. The van der Waals surface area contributed by atoms with Gasteiger partial charge in [-0.05, 0) is 61.8 Å². The number of fused-ring (bicyclic) bond motifs is 4. The van der Waals surface area contributed by atoms with Gasteiger partial charge in [0.2, 0.25) is 0 Å². The second kappa shape index (κ2) is 7.85. The van der Waals surface area contributed by atoms with Crippen molar-refractivity contribution in [3.63, 3.8) is 0 Å². The van der Waals surface area contributed by atoms with E-state index < -0.39 is 0 Å². The van der Waals surface area contributed by atoms with Gasteiger partial charge in [0.05, 0.1) is 11.2 Å². The lowest BCUT2D eigenvalue weighted by atomic mass is 9.91. The molecule has 0 radical (unpaired) electrons. The molecule has 0 spiro atoms. The molecule has 5 rings (SSSR count). The zero-order valence-corrected chi connectivity index (χ0v) is 18.9. The number of aromatic nitrogens is 2. The van der Waals surface area contributed by atoms with Gasteiger partial charge in [0.25, 0.3) is 0 Å². The number of para-hydroxylation sites is 1. The third-order valence-corrected chi connectivity index (χ3v) is 6.75. The van der Waals surface area contributed by atoms with Crippen LogP contribution in [0.15, 0.2) is 72.9 Å². The summed E-state index contributed by atoms with van der Waals surface area (Å²) in [6.45, 7) is 9.07. The average Bonchev–Trinajstić information content (AvgIpc) is 3.13. The van der Waals surface area contributed by atoms with Crippen molar-refractivity contribution < 1.29 is 0 Å². The standard InChI is InChI=1S/C29H30N2/c1-5-20(6-2)21-11-13-24-22(17-21)15-16-30-29(24)23-12-14-26-25-9-7-8-10-27(25)31(19(3)4)28(26)18-23/h7-20H,5-6H2,1-4H3. The first-order chi connectivity index (χ1) is 15.1. The van der Waals surface area contributed by atoms with Crippen molar-refractivity contribution in [1.82, 2.24) is 9.55 Å². The summed E-state index contributed by atoms with van der Waals surface area (Å²) in [6.07, 6.45) is 4.31. The van der Waals surface area contributed by atoms with Crippen molar-refractivity contribution in [3.05, 3.63) is 78.5 Å². The fourth-order valence-electron chi connectivity index (χ4n) is 5.14. The summed E-state index contributed by atoms with van der Waals surface area (Å²) in [6, 6.07) is 25.0. The molecule has 0 aliphatic carbocycles. The Morgan fingerprint density at radius 1 is 0.774 bits per heavy atom. The highest BCUT2D eigenvalue weighted by Gasteiger charge is 2.15. The van der Waals surface area contributed by atoms with Gasteiger partial charge in [-0.2, -0.15) is 0 Å². The largest absolute Gasteiger partial charge is 0.338 e. The molecule has 0 aliphatic heterocycles. The molecule has 2 nitrogen and oxygen atoms in total. The van der Waals surface area contributed by atoms with Crippen LogP contribution in [0.4, 0.5) is 0 Å². The zero-order valence-electron chi connectivity index (χ0n) is 18.9. The monoisotopic (exact) mass is 406 g/mol. The van der Waals surface area contributed by atoms with E-state index in [1.165, 1.54) is 56.5 Å². The molecule has 0 unspecified atom stereocenters. The molecule has 0 N–H and O–H groups in total. The SMILES string of the molecule is CCC(CC)c1ccc2c(-c3ccc4c5ccccc5n(C(C)C)c4c3)nccc2c1. The molecule has 5 aromatic rings. The third kappa shape index (κ3) is 3.22. The predicted molar refractivity (Wildman–Crippen MR) is 134 cm³/mol. The van der Waals surface area contributed by atoms with Crippen molar-refractivity contribution in [2.75, 3.05) is 0 Å². The zero-order chi connectivity index (χ0) is 21.5. The summed E-state index contributed by atoms with van der Waals surface area (Å²) >= 11 is 0. The van der Waals surface area contributed by atoms with E-state index in [0.29, 0.717) is 12.0 Å². The summed E-state index contributed by atoms with van der Waals surface area (Å²) in [5.41, 5.74) is 6.26. The molecule has 2 heterocycles. The average molecular weight is 407 g/mol. The van der Waals surface area contributed by atoms with Gasteiger partial charge in [0, 0.05) is 39.5 Å². The third-order valence-electron chi connectivity index (χ3n) is 6.75. The van der Waals surface area contributed by atoms with Gasteiger partial charge < -0.3 is 4.57 Å². The van der Waals surface area contributed by atoms with Crippen molar-refractivity contribution in [2.45, 2.75) is 52.5 Å². The number of rotatable bonds is 5. The lowest BCUT2D eigenvalue weighted by Gasteiger charge is -2.15. The lowest BCUT2D eigenvalue weighted by Crippen LogP contribution is -2.00. The van der Waals surface area contributed by atoms with Crippen LogP contribution in [-0.4, -0.2) is 9.55 Å². The molecule has 2 heteroatoms. The van der Waals surface area contributed by atoms with Crippen molar-refractivity contribution in [2.24, 2.45) is 0 Å². The number of hydrogen-bond donors (Lipinski definition) is 0. The first kappa shape index (κ1) is 19.8. The molecule has 0 bridgehead atoms. The van der Waals surface area contributed by atoms with Gasteiger partial charge in [-0.1, -0.05) is 62.4 Å². The Morgan fingerprint density at radius 2 is 1.52 bits per heavy atom. The minimum absolute atomic E-state index is 0.390. The fraction of sp³-hybridized carbons (Fsp3) is 0.276. The highest BCUT2D eigenvalue weighted by atomic mass is 15.0. The van der Waals surface area contributed by atoms with E-state index in [9.17, 15) is 0 Å². The first-order valence-electron chi connectivity index (χ1n) is 11.5. The molecule has 0 aliphatic rings. The Kier molecular flexibility index (Phi) is 5.02. The number of nitrogens with zero attached hydrogens (tertiary/aromatic N) is 2. The topological polar surface area (TPSA) is 17.8 Å². The Morgan fingerprint density at radius 3 is 2.29 bits per heavy atom. The Balaban J connectivity index is 1.72. The molecule has 2 aromatic heterocycles. The van der Waals surface area contributed by atoms with Crippen molar-refractivity contribution >= 4 is 32.6 Å². The minimum atomic E-state index is 0.390. The van der Waals surface area contributed by atoms with Crippen LogP contribution in [0, 0.1) is 0 Å². The number of benzene rings is 3. The van der Waals surface area contributed by atoms with Crippen LogP contribution in [-0.2, 0) is 0 Å². The van der Waals surface area contributed by atoms with Crippen LogP contribution < -0.4 is 0 Å². The normalized spacial score (nSPS) is 12.1. The molecule has 156 valence electrons. The van der Waals surface area contributed by atoms with Gasteiger partial charge in [-0.15, -0.1) is 0 Å². The smallest absolute Gasteiger partial charge is 0.0781 e. The molecule has 3 aromatic carbocycles. The summed E-state index contributed by atoms with van der Waals surface area (Å²) < 4.78 is 2.45. The molecule has 0 saturated heterocycles. The van der Waals surface area contributed by atoms with Gasteiger partial charge in [-0.25, -0.2) is 0 Å². The maximum absolute atomic E-state index is 4.82. The molecular weight excluding hydrogens is 376 g/mol. The van der Waals surface area contributed by atoms with E-state index in [4.69, 9.17) is 4.98 Å². The van der Waals surface area contributed by atoms with E-state index in [1.54, 1.807) is 0 Å². The van der Waals surface area contributed by atoms with Gasteiger partial charge in [-0.3, -0.25) is 4.98 Å². The molecule has 0 saturated carbocycles. The fourth-order valence-corrected chi connectivity index (χ4v) is 5.14. The highest BCUT2D eigenvalue weighted by Crippen LogP contribution is 2.36. The van der Waals surface area contributed by atoms with E-state index in [-0.39, 0.29) is 0 Å². The van der Waals surface area contributed by atoms with Crippen LogP contribution in [0.1, 0.15) is 58.1 Å². The molecule has 0 atom stereocenters. The van der Waals surface area contributed by atoms with E-state index >= 15 is 0 Å². The second-order valence-corrected chi connectivity index (χ2v) is 8.87. The van der Waals surface area contributed by atoms with Crippen LogP contribution in [0.25, 0.3) is 43.8 Å².